The van der Waals surface area contributed by atoms with Gasteiger partial charge in [-0.2, -0.15) is 0 Å². The molecule has 1 aliphatic heterocycles. The molecule has 132 valence electrons. The zero-order valence-corrected chi connectivity index (χ0v) is 15.3. The van der Waals surface area contributed by atoms with Crippen LogP contribution in [0.25, 0.3) is 0 Å². The highest BCUT2D eigenvalue weighted by atomic mass is 35.5. The predicted octanol–water partition coefficient (Wildman–Crippen LogP) is 3.66. The third kappa shape index (κ3) is 5.58. The molecule has 0 N–H and O–H groups in total. The van der Waals surface area contributed by atoms with E-state index >= 15 is 0 Å². The van der Waals surface area contributed by atoms with Crippen molar-refractivity contribution in [1.29, 1.82) is 0 Å². The van der Waals surface area contributed by atoms with Gasteiger partial charge in [0.1, 0.15) is 0 Å². The number of carbonyl (C=O) groups excluding carboxylic acids is 1. The second-order valence-electron chi connectivity index (χ2n) is 6.59. The smallest absolute Gasteiger partial charge is 0.222 e. The lowest BCUT2D eigenvalue weighted by Crippen LogP contribution is -2.49. The number of hydrogen-bond acceptors (Lipinski definition) is 2. The molecule has 1 fully saturated rings. The minimum absolute atomic E-state index is 0.252. The summed E-state index contributed by atoms with van der Waals surface area (Å²) in [6.07, 6.45) is 2.39. The van der Waals surface area contributed by atoms with E-state index in [1.54, 1.807) is 0 Å². The van der Waals surface area contributed by atoms with Gasteiger partial charge in [0.2, 0.25) is 5.91 Å². The van der Waals surface area contributed by atoms with Crippen molar-refractivity contribution in [3.8, 4) is 0 Å². The first-order valence-corrected chi connectivity index (χ1v) is 9.37. The van der Waals surface area contributed by atoms with E-state index in [9.17, 15) is 4.79 Å². The molecule has 1 aliphatic rings. The van der Waals surface area contributed by atoms with E-state index in [0.29, 0.717) is 6.42 Å². The fourth-order valence-corrected chi connectivity index (χ4v) is 3.47. The van der Waals surface area contributed by atoms with Gasteiger partial charge in [0, 0.05) is 44.2 Å². The van der Waals surface area contributed by atoms with Gasteiger partial charge in [-0.25, -0.2) is 0 Å². The number of nitrogens with zero attached hydrogens (tertiary/aromatic N) is 2. The van der Waals surface area contributed by atoms with E-state index in [-0.39, 0.29) is 5.91 Å². The summed E-state index contributed by atoms with van der Waals surface area (Å²) in [5.41, 5.74) is 2.50. The van der Waals surface area contributed by atoms with Crippen molar-refractivity contribution in [2.24, 2.45) is 0 Å². The van der Waals surface area contributed by atoms with E-state index in [0.717, 1.165) is 56.2 Å². The second kappa shape index (κ2) is 9.02. The summed E-state index contributed by atoms with van der Waals surface area (Å²) < 4.78 is 0. The van der Waals surface area contributed by atoms with Crippen molar-refractivity contribution in [1.82, 2.24) is 9.80 Å². The Labute approximate surface area is 155 Å². The third-order valence-electron chi connectivity index (χ3n) is 4.80. The Balaban J connectivity index is 1.38. The van der Waals surface area contributed by atoms with Crippen LogP contribution in [-0.2, 0) is 17.6 Å². The summed E-state index contributed by atoms with van der Waals surface area (Å²) in [6.45, 7) is 4.67. The van der Waals surface area contributed by atoms with Gasteiger partial charge in [-0.1, -0.05) is 54.1 Å². The molecule has 0 bridgehead atoms. The molecule has 2 aromatic carbocycles. The van der Waals surface area contributed by atoms with Gasteiger partial charge in [-0.15, -0.1) is 0 Å². The van der Waals surface area contributed by atoms with Crippen molar-refractivity contribution < 1.29 is 4.79 Å². The number of benzene rings is 2. The van der Waals surface area contributed by atoms with Crippen molar-refractivity contribution in [2.45, 2.75) is 19.3 Å². The average molecular weight is 357 g/mol. The molecule has 3 nitrogen and oxygen atoms in total. The van der Waals surface area contributed by atoms with Crippen LogP contribution in [-0.4, -0.2) is 48.4 Å². The first kappa shape index (κ1) is 18.0. The first-order valence-electron chi connectivity index (χ1n) is 8.99. The lowest BCUT2D eigenvalue weighted by atomic mass is 10.1. The normalized spacial score (nSPS) is 15.3. The molecule has 0 spiro atoms. The Kier molecular flexibility index (Phi) is 6.48. The molecule has 1 saturated heterocycles. The largest absolute Gasteiger partial charge is 0.340 e. The summed E-state index contributed by atoms with van der Waals surface area (Å²) in [5, 5.41) is 0.733. The quantitative estimate of drug-likeness (QED) is 0.788. The van der Waals surface area contributed by atoms with Gasteiger partial charge in [0.25, 0.3) is 0 Å². The molecule has 4 heteroatoms. The van der Waals surface area contributed by atoms with Crippen LogP contribution < -0.4 is 0 Å². The van der Waals surface area contributed by atoms with Crippen LogP contribution >= 0.6 is 11.6 Å². The predicted molar refractivity (Wildman–Crippen MR) is 103 cm³/mol. The zero-order valence-electron chi connectivity index (χ0n) is 14.5. The van der Waals surface area contributed by atoms with Crippen LogP contribution in [0.5, 0.6) is 0 Å². The highest BCUT2D eigenvalue weighted by Crippen LogP contribution is 2.13. The molecule has 0 atom stereocenters. The average Bonchev–Trinajstić information content (AvgIpc) is 2.66. The number of rotatable bonds is 6. The van der Waals surface area contributed by atoms with Gasteiger partial charge in [0.05, 0.1) is 0 Å². The van der Waals surface area contributed by atoms with Crippen LogP contribution in [0.4, 0.5) is 0 Å². The summed E-state index contributed by atoms with van der Waals surface area (Å²) in [7, 11) is 0. The van der Waals surface area contributed by atoms with Crippen molar-refractivity contribution in [3.05, 3.63) is 70.7 Å². The molecular weight excluding hydrogens is 332 g/mol. The minimum Gasteiger partial charge on any atom is -0.340 e. The topological polar surface area (TPSA) is 23.6 Å². The van der Waals surface area contributed by atoms with Gasteiger partial charge in [-0.05, 0) is 36.1 Å². The summed E-state index contributed by atoms with van der Waals surface area (Å²) in [4.78, 5) is 16.9. The molecule has 0 saturated carbocycles. The molecule has 0 unspecified atom stereocenters. The fourth-order valence-electron chi connectivity index (χ4n) is 3.25. The van der Waals surface area contributed by atoms with E-state index in [1.807, 2.05) is 29.2 Å². The number of carbonyl (C=O) groups is 1. The SMILES string of the molecule is O=C(CCc1cccc(Cl)c1)N1CCN(CCc2ccccc2)CC1. The standard InChI is InChI=1S/C21H25ClN2O/c22-20-8-4-7-19(17-20)9-10-21(25)24-15-13-23(14-16-24)12-11-18-5-2-1-3-6-18/h1-8,17H,9-16H2. The summed E-state index contributed by atoms with van der Waals surface area (Å²) in [6, 6.07) is 18.4. The molecule has 0 aromatic heterocycles. The summed E-state index contributed by atoms with van der Waals surface area (Å²) in [5.74, 6) is 0.252. The highest BCUT2D eigenvalue weighted by molar-refractivity contribution is 6.30. The molecule has 1 amide bonds. The fraction of sp³-hybridized carbons (Fsp3) is 0.381. The van der Waals surface area contributed by atoms with Crippen molar-refractivity contribution in [3.63, 3.8) is 0 Å². The minimum atomic E-state index is 0.252. The Morgan fingerprint density at radius 3 is 2.32 bits per heavy atom. The van der Waals surface area contributed by atoms with Crippen molar-refractivity contribution >= 4 is 17.5 Å². The maximum absolute atomic E-state index is 12.4. The summed E-state index contributed by atoms with van der Waals surface area (Å²) >= 11 is 6.00. The van der Waals surface area contributed by atoms with Crippen LogP contribution in [0.2, 0.25) is 5.02 Å². The van der Waals surface area contributed by atoms with Crippen LogP contribution in [0.1, 0.15) is 17.5 Å². The molecule has 2 aromatic rings. The van der Waals surface area contributed by atoms with E-state index in [2.05, 4.69) is 35.2 Å². The van der Waals surface area contributed by atoms with Gasteiger partial charge >= 0.3 is 0 Å². The molecular formula is C21H25ClN2O. The molecule has 3 rings (SSSR count). The zero-order chi connectivity index (χ0) is 17.5. The first-order chi connectivity index (χ1) is 12.2. The van der Waals surface area contributed by atoms with Gasteiger partial charge < -0.3 is 4.90 Å². The lowest BCUT2D eigenvalue weighted by Gasteiger charge is -2.34. The Morgan fingerprint density at radius 2 is 1.60 bits per heavy atom. The monoisotopic (exact) mass is 356 g/mol. The Bertz CT molecular complexity index is 681. The van der Waals surface area contributed by atoms with E-state index in [4.69, 9.17) is 11.6 Å². The van der Waals surface area contributed by atoms with Gasteiger partial charge in [-0.3, -0.25) is 9.69 Å². The third-order valence-corrected chi connectivity index (χ3v) is 5.04. The molecule has 1 heterocycles. The number of aryl methyl sites for hydroxylation is 1. The molecule has 0 aliphatic carbocycles. The molecule has 0 radical (unpaired) electrons. The second-order valence-corrected chi connectivity index (χ2v) is 7.02. The van der Waals surface area contributed by atoms with Crippen LogP contribution in [0, 0.1) is 0 Å². The highest BCUT2D eigenvalue weighted by Gasteiger charge is 2.20. The maximum Gasteiger partial charge on any atom is 0.222 e. The number of hydrogen-bond donors (Lipinski definition) is 0. The lowest BCUT2D eigenvalue weighted by molar-refractivity contribution is -0.132. The van der Waals surface area contributed by atoms with E-state index in [1.165, 1.54) is 5.56 Å². The van der Waals surface area contributed by atoms with Crippen LogP contribution in [0.15, 0.2) is 54.6 Å². The van der Waals surface area contributed by atoms with Gasteiger partial charge in [0.15, 0.2) is 0 Å². The van der Waals surface area contributed by atoms with E-state index < -0.39 is 0 Å². The Hall–Kier alpha value is -1.84. The number of halogens is 1. The number of amides is 1. The Morgan fingerprint density at radius 1 is 0.880 bits per heavy atom. The van der Waals surface area contributed by atoms with Crippen LogP contribution in [0.3, 0.4) is 0 Å². The van der Waals surface area contributed by atoms with Crippen molar-refractivity contribution in [2.75, 3.05) is 32.7 Å². The number of piperazine rings is 1. The molecule has 25 heavy (non-hydrogen) atoms. The maximum atomic E-state index is 12.4.